The number of nitrogens with zero attached hydrogens (tertiary/aromatic N) is 2. The predicted molar refractivity (Wildman–Crippen MR) is 77.6 cm³/mol. The highest BCUT2D eigenvalue weighted by molar-refractivity contribution is 6.31. The molecule has 1 aromatic rings. The van der Waals surface area contributed by atoms with E-state index in [0.717, 1.165) is 61.7 Å². The average molecular weight is 286 g/mol. The van der Waals surface area contributed by atoms with E-state index in [-0.39, 0.29) is 12.0 Å². The summed E-state index contributed by atoms with van der Waals surface area (Å²) >= 11 is 6.47. The molecule has 19 heavy (non-hydrogen) atoms. The highest BCUT2D eigenvalue weighted by Gasteiger charge is 2.34. The molecule has 0 spiro atoms. The van der Waals surface area contributed by atoms with E-state index in [1.807, 2.05) is 4.68 Å². The number of aromatic nitrogens is 2. The van der Waals surface area contributed by atoms with Crippen molar-refractivity contribution < 1.29 is 5.11 Å². The fraction of sp³-hybridized carbons (Fsp3) is 0.786. The van der Waals surface area contributed by atoms with Gasteiger partial charge in [-0.25, -0.2) is 0 Å². The number of aliphatic hydroxyl groups is 1. The van der Waals surface area contributed by atoms with Crippen molar-refractivity contribution in [3.8, 4) is 0 Å². The maximum absolute atomic E-state index is 9.82. The minimum absolute atomic E-state index is 0.0349. The first-order valence-electron chi connectivity index (χ1n) is 7.21. The molecule has 1 aromatic heterocycles. The van der Waals surface area contributed by atoms with E-state index < -0.39 is 0 Å². The molecule has 4 nitrogen and oxygen atoms in total. The third kappa shape index (κ3) is 2.96. The molecule has 2 N–H and O–H groups in total. The number of rotatable bonds is 5. The molecular weight excluding hydrogens is 262 g/mol. The summed E-state index contributed by atoms with van der Waals surface area (Å²) in [6, 6.07) is 0. The molecule has 0 amide bonds. The van der Waals surface area contributed by atoms with Crippen molar-refractivity contribution in [3.63, 3.8) is 0 Å². The molecule has 0 aromatic carbocycles. The average Bonchev–Trinajstić information content (AvgIpc) is 2.76. The molecule has 1 aliphatic rings. The molecule has 5 heteroatoms. The van der Waals surface area contributed by atoms with Crippen LogP contribution in [0.15, 0.2) is 0 Å². The zero-order valence-electron chi connectivity index (χ0n) is 11.9. The van der Waals surface area contributed by atoms with Crippen LogP contribution in [0.2, 0.25) is 5.02 Å². The second-order valence-corrected chi connectivity index (χ2v) is 5.84. The molecule has 0 saturated carbocycles. The van der Waals surface area contributed by atoms with E-state index in [9.17, 15) is 5.11 Å². The van der Waals surface area contributed by atoms with Crippen LogP contribution in [0, 0.1) is 5.41 Å². The largest absolute Gasteiger partial charge is 0.396 e. The summed E-state index contributed by atoms with van der Waals surface area (Å²) in [5, 5.41) is 18.5. The van der Waals surface area contributed by atoms with Crippen molar-refractivity contribution in [1.29, 1.82) is 0 Å². The number of nitrogens with one attached hydrogen (secondary N) is 1. The fourth-order valence-corrected chi connectivity index (χ4v) is 3.23. The van der Waals surface area contributed by atoms with Crippen LogP contribution in [-0.2, 0) is 19.4 Å². The van der Waals surface area contributed by atoms with Gasteiger partial charge in [0.1, 0.15) is 0 Å². The topological polar surface area (TPSA) is 50.1 Å². The molecule has 0 bridgehead atoms. The van der Waals surface area contributed by atoms with Crippen LogP contribution in [0.5, 0.6) is 0 Å². The van der Waals surface area contributed by atoms with E-state index in [2.05, 4.69) is 24.3 Å². The molecule has 108 valence electrons. The Labute approximate surface area is 120 Å². The van der Waals surface area contributed by atoms with Gasteiger partial charge in [0.2, 0.25) is 0 Å². The number of halogens is 1. The Balaban J connectivity index is 2.28. The van der Waals surface area contributed by atoms with Gasteiger partial charge in [0.25, 0.3) is 0 Å². The smallest absolute Gasteiger partial charge is 0.0850 e. The van der Waals surface area contributed by atoms with Gasteiger partial charge in [0.05, 0.1) is 16.4 Å². The second kappa shape index (κ2) is 6.25. The minimum Gasteiger partial charge on any atom is -0.396 e. The van der Waals surface area contributed by atoms with Gasteiger partial charge in [-0.3, -0.25) is 4.68 Å². The highest BCUT2D eigenvalue weighted by atomic mass is 35.5. The van der Waals surface area contributed by atoms with Crippen molar-refractivity contribution in [2.24, 2.45) is 5.41 Å². The van der Waals surface area contributed by atoms with Crippen molar-refractivity contribution in [3.05, 3.63) is 16.4 Å². The maximum Gasteiger partial charge on any atom is 0.0850 e. The van der Waals surface area contributed by atoms with Gasteiger partial charge in [-0.05, 0) is 45.7 Å². The van der Waals surface area contributed by atoms with Gasteiger partial charge in [-0.15, -0.1) is 0 Å². The molecule has 2 heterocycles. The van der Waals surface area contributed by atoms with Crippen LogP contribution in [0.4, 0.5) is 0 Å². The van der Waals surface area contributed by atoms with E-state index in [0.29, 0.717) is 0 Å². The summed E-state index contributed by atoms with van der Waals surface area (Å²) in [5.74, 6) is 0. The lowest BCUT2D eigenvalue weighted by molar-refractivity contribution is 0.0872. The Morgan fingerprint density at radius 2 is 2.05 bits per heavy atom. The van der Waals surface area contributed by atoms with Crippen LogP contribution in [0.1, 0.15) is 38.1 Å². The van der Waals surface area contributed by atoms with Crippen molar-refractivity contribution in [1.82, 2.24) is 15.1 Å². The van der Waals surface area contributed by atoms with Gasteiger partial charge in [-0.1, -0.05) is 18.5 Å². The molecule has 1 fully saturated rings. The molecule has 0 radical (unpaired) electrons. The maximum atomic E-state index is 9.82. The van der Waals surface area contributed by atoms with Crippen molar-refractivity contribution >= 4 is 11.6 Å². The Hall–Kier alpha value is -0.580. The van der Waals surface area contributed by atoms with Crippen LogP contribution in [0.3, 0.4) is 0 Å². The zero-order chi connectivity index (χ0) is 13.9. The first kappa shape index (κ1) is 14.8. The fourth-order valence-electron chi connectivity index (χ4n) is 2.89. The first-order chi connectivity index (χ1) is 9.15. The lowest BCUT2D eigenvalue weighted by Crippen LogP contribution is -2.41. The first-order valence-corrected chi connectivity index (χ1v) is 7.59. The third-order valence-corrected chi connectivity index (χ3v) is 4.67. The summed E-state index contributed by atoms with van der Waals surface area (Å²) in [6.45, 7) is 7.15. The molecule has 2 rings (SSSR count). The zero-order valence-corrected chi connectivity index (χ0v) is 12.6. The second-order valence-electron chi connectivity index (χ2n) is 5.46. The van der Waals surface area contributed by atoms with E-state index >= 15 is 0 Å². The monoisotopic (exact) mass is 285 g/mol. The van der Waals surface area contributed by atoms with Crippen LogP contribution in [-0.4, -0.2) is 34.6 Å². The lowest BCUT2D eigenvalue weighted by atomic mass is 9.76. The number of aryl methyl sites for hydroxylation is 2. The summed E-state index contributed by atoms with van der Waals surface area (Å²) in [4.78, 5) is 0. The lowest BCUT2D eigenvalue weighted by Gasteiger charge is -2.36. The number of hydrogen-bond acceptors (Lipinski definition) is 3. The third-order valence-electron chi connectivity index (χ3n) is 4.24. The Morgan fingerprint density at radius 3 is 2.58 bits per heavy atom. The van der Waals surface area contributed by atoms with Crippen LogP contribution < -0.4 is 5.32 Å². The normalized spacial score (nSPS) is 18.7. The summed E-state index contributed by atoms with van der Waals surface area (Å²) < 4.78 is 2.00. The summed E-state index contributed by atoms with van der Waals surface area (Å²) in [5.41, 5.74) is 2.03. The predicted octanol–water partition coefficient (Wildman–Crippen LogP) is 2.02. The van der Waals surface area contributed by atoms with Crippen LogP contribution in [0.25, 0.3) is 0 Å². The Morgan fingerprint density at radius 1 is 1.37 bits per heavy atom. The highest BCUT2D eigenvalue weighted by Crippen LogP contribution is 2.35. The molecular formula is C14H24ClN3O. The Bertz CT molecular complexity index is 425. The standard InChI is InChI=1S/C14H24ClN3O/c1-3-11-13(15)12(18(4-2)17-11)9-14(10-19)5-7-16-8-6-14/h16,19H,3-10H2,1-2H3. The molecule has 0 unspecified atom stereocenters. The van der Waals surface area contributed by atoms with Crippen LogP contribution >= 0.6 is 11.6 Å². The van der Waals surface area contributed by atoms with Crippen molar-refractivity contribution in [2.45, 2.75) is 46.1 Å². The van der Waals surface area contributed by atoms with Crippen molar-refractivity contribution in [2.75, 3.05) is 19.7 Å². The van der Waals surface area contributed by atoms with Gasteiger partial charge in [-0.2, -0.15) is 5.10 Å². The van der Waals surface area contributed by atoms with Gasteiger partial charge >= 0.3 is 0 Å². The van der Waals surface area contributed by atoms with E-state index in [1.54, 1.807) is 0 Å². The van der Waals surface area contributed by atoms with Gasteiger partial charge in [0, 0.05) is 18.6 Å². The minimum atomic E-state index is -0.0349. The SMILES string of the molecule is CCc1nn(CC)c(CC2(CO)CCNCC2)c1Cl. The molecule has 1 aliphatic heterocycles. The number of piperidine rings is 1. The molecule has 0 aliphatic carbocycles. The Kier molecular flexibility index (Phi) is 4.87. The summed E-state index contributed by atoms with van der Waals surface area (Å²) in [6.07, 6.45) is 3.67. The summed E-state index contributed by atoms with van der Waals surface area (Å²) in [7, 11) is 0. The number of aliphatic hydroxyl groups excluding tert-OH is 1. The quantitative estimate of drug-likeness (QED) is 0.870. The van der Waals surface area contributed by atoms with Gasteiger partial charge < -0.3 is 10.4 Å². The van der Waals surface area contributed by atoms with E-state index in [1.165, 1.54) is 0 Å². The molecule has 1 saturated heterocycles. The number of hydrogen-bond donors (Lipinski definition) is 2. The van der Waals surface area contributed by atoms with Gasteiger partial charge in [0.15, 0.2) is 0 Å². The van der Waals surface area contributed by atoms with E-state index in [4.69, 9.17) is 11.6 Å². The molecule has 0 atom stereocenters.